The van der Waals surface area contributed by atoms with Gasteiger partial charge in [-0.05, 0) is 36.4 Å². The first-order valence-electron chi connectivity index (χ1n) is 16.3. The maximum atomic E-state index is 6.64. The van der Waals surface area contributed by atoms with Crippen molar-refractivity contribution in [2.45, 2.75) is 9.79 Å². The molecular weight excluding hydrogens is 635 g/mol. The predicted octanol–water partition coefficient (Wildman–Crippen LogP) is 11.0. The minimum Gasteiger partial charge on any atom is -0.455 e. The van der Waals surface area contributed by atoms with E-state index in [1.807, 2.05) is 128 Å². The molecule has 6 nitrogen and oxygen atoms in total. The van der Waals surface area contributed by atoms with E-state index in [-0.39, 0.29) is 0 Å². The van der Waals surface area contributed by atoms with Gasteiger partial charge in [0.05, 0.1) is 10.6 Å². The molecule has 9 rings (SSSR count). The van der Waals surface area contributed by atoms with E-state index in [1.54, 1.807) is 11.8 Å². The van der Waals surface area contributed by atoms with Crippen LogP contribution in [0.2, 0.25) is 0 Å². The van der Waals surface area contributed by atoms with E-state index in [1.165, 1.54) is 0 Å². The Morgan fingerprint density at radius 3 is 1.62 bits per heavy atom. The van der Waals surface area contributed by atoms with E-state index < -0.39 is 0 Å². The third-order valence-corrected chi connectivity index (χ3v) is 9.49. The van der Waals surface area contributed by atoms with Crippen molar-refractivity contribution in [1.82, 2.24) is 24.9 Å². The molecule has 0 amide bonds. The van der Waals surface area contributed by atoms with E-state index in [0.29, 0.717) is 23.3 Å². The number of hydrogen-bond acceptors (Lipinski definition) is 7. The fourth-order valence-corrected chi connectivity index (χ4v) is 6.95. The highest BCUT2D eigenvalue weighted by molar-refractivity contribution is 7.99. The van der Waals surface area contributed by atoms with Gasteiger partial charge < -0.3 is 4.42 Å². The summed E-state index contributed by atoms with van der Waals surface area (Å²) in [7, 11) is 0. The lowest BCUT2D eigenvalue weighted by Gasteiger charge is -2.11. The molecule has 0 atom stereocenters. The standard InChI is InChI=1S/C43H27N5OS/c1-5-14-28(15-6-1)40-44-27-37(50-32-20-11-4-12-21-32)38(45-40)34-23-13-22-33-35-26-31(24-25-36(35)49-39(33)34)43-47-41(29-16-7-2-8-17-29)46-42(48-43)30-18-9-3-10-19-30/h1-27H. The highest BCUT2D eigenvalue weighted by Crippen LogP contribution is 2.41. The first-order valence-corrected chi connectivity index (χ1v) is 17.1. The Hall–Kier alpha value is -6.44. The molecule has 6 aromatic carbocycles. The van der Waals surface area contributed by atoms with Gasteiger partial charge in [-0.2, -0.15) is 0 Å². The van der Waals surface area contributed by atoms with Gasteiger partial charge in [0, 0.05) is 49.7 Å². The second-order valence-electron chi connectivity index (χ2n) is 11.7. The Balaban J connectivity index is 1.20. The first-order chi connectivity index (χ1) is 24.8. The molecule has 7 heteroatoms. The summed E-state index contributed by atoms with van der Waals surface area (Å²) in [5.41, 5.74) is 6.92. The van der Waals surface area contributed by atoms with Gasteiger partial charge >= 0.3 is 0 Å². The van der Waals surface area contributed by atoms with Crippen LogP contribution in [0.5, 0.6) is 0 Å². The number of fused-ring (bicyclic) bond motifs is 3. The van der Waals surface area contributed by atoms with Crippen LogP contribution >= 0.6 is 11.8 Å². The highest BCUT2D eigenvalue weighted by Gasteiger charge is 2.20. The number of benzene rings is 6. The molecule has 3 aromatic heterocycles. The number of nitrogens with zero attached hydrogens (tertiary/aromatic N) is 5. The largest absolute Gasteiger partial charge is 0.455 e. The molecule has 50 heavy (non-hydrogen) atoms. The average molecular weight is 662 g/mol. The van der Waals surface area contributed by atoms with Crippen LogP contribution in [0.25, 0.3) is 78.7 Å². The van der Waals surface area contributed by atoms with Crippen LogP contribution in [0, 0.1) is 0 Å². The van der Waals surface area contributed by atoms with Gasteiger partial charge in [-0.15, -0.1) is 0 Å². The molecule has 0 fully saturated rings. The smallest absolute Gasteiger partial charge is 0.164 e. The maximum Gasteiger partial charge on any atom is 0.164 e. The molecular formula is C43H27N5OS. The van der Waals surface area contributed by atoms with Crippen molar-refractivity contribution >= 4 is 33.7 Å². The molecule has 0 aliphatic rings. The van der Waals surface area contributed by atoms with Crippen LogP contribution in [0.4, 0.5) is 0 Å². The lowest BCUT2D eigenvalue weighted by atomic mass is 10.0. The molecule has 236 valence electrons. The normalized spacial score (nSPS) is 11.3. The second kappa shape index (κ2) is 12.9. The molecule has 9 aromatic rings. The van der Waals surface area contributed by atoms with Crippen molar-refractivity contribution in [2.24, 2.45) is 0 Å². The van der Waals surface area contributed by atoms with Crippen molar-refractivity contribution in [1.29, 1.82) is 0 Å². The highest BCUT2D eigenvalue weighted by atomic mass is 32.2. The number of aromatic nitrogens is 5. The van der Waals surface area contributed by atoms with Crippen LogP contribution in [0.3, 0.4) is 0 Å². The molecule has 0 saturated carbocycles. The summed E-state index contributed by atoms with van der Waals surface area (Å²) in [4.78, 5) is 26.7. The van der Waals surface area contributed by atoms with Crippen molar-refractivity contribution < 1.29 is 4.42 Å². The molecule has 3 heterocycles. The third-order valence-electron chi connectivity index (χ3n) is 8.47. The van der Waals surface area contributed by atoms with E-state index in [0.717, 1.165) is 65.2 Å². The van der Waals surface area contributed by atoms with Crippen molar-refractivity contribution in [3.05, 3.63) is 164 Å². The molecule has 0 radical (unpaired) electrons. The average Bonchev–Trinajstić information content (AvgIpc) is 3.58. The zero-order valence-corrected chi connectivity index (χ0v) is 27.5. The maximum absolute atomic E-state index is 6.64. The zero-order chi connectivity index (χ0) is 33.3. The van der Waals surface area contributed by atoms with E-state index in [9.17, 15) is 0 Å². The van der Waals surface area contributed by atoms with Crippen LogP contribution in [0.15, 0.2) is 178 Å². The second-order valence-corrected chi connectivity index (χ2v) is 12.8. The summed E-state index contributed by atoms with van der Waals surface area (Å²) < 4.78 is 6.64. The van der Waals surface area contributed by atoms with Gasteiger partial charge in [-0.25, -0.2) is 24.9 Å². The quantitative estimate of drug-likeness (QED) is 0.168. The van der Waals surface area contributed by atoms with Gasteiger partial charge in [0.15, 0.2) is 23.3 Å². The minimum absolute atomic E-state index is 0.593. The van der Waals surface area contributed by atoms with E-state index >= 15 is 0 Å². The minimum atomic E-state index is 0.593. The lowest BCUT2D eigenvalue weighted by Crippen LogP contribution is -2.00. The predicted molar refractivity (Wildman–Crippen MR) is 200 cm³/mol. The Kier molecular flexibility index (Phi) is 7.64. The van der Waals surface area contributed by atoms with E-state index in [4.69, 9.17) is 29.3 Å². The summed E-state index contributed by atoms with van der Waals surface area (Å²) >= 11 is 1.64. The summed E-state index contributed by atoms with van der Waals surface area (Å²) in [6.07, 6.45) is 1.91. The Labute approximate surface area is 292 Å². The molecule has 0 spiro atoms. The van der Waals surface area contributed by atoms with Crippen LogP contribution in [-0.2, 0) is 0 Å². The fraction of sp³-hybridized carbons (Fsp3) is 0. The van der Waals surface area contributed by atoms with Gasteiger partial charge in [0.25, 0.3) is 0 Å². The molecule has 0 aliphatic carbocycles. The van der Waals surface area contributed by atoms with Gasteiger partial charge in [0.1, 0.15) is 11.2 Å². The molecule has 0 N–H and O–H groups in total. The zero-order valence-electron chi connectivity index (χ0n) is 26.6. The molecule has 0 bridgehead atoms. The van der Waals surface area contributed by atoms with Crippen molar-refractivity contribution in [3.63, 3.8) is 0 Å². The first kappa shape index (κ1) is 29.7. The Morgan fingerprint density at radius 1 is 0.440 bits per heavy atom. The number of furan rings is 1. The lowest BCUT2D eigenvalue weighted by molar-refractivity contribution is 0.669. The topological polar surface area (TPSA) is 77.6 Å². The summed E-state index contributed by atoms with van der Waals surface area (Å²) in [6, 6.07) is 52.7. The van der Waals surface area contributed by atoms with Gasteiger partial charge in [-0.3, -0.25) is 0 Å². The number of para-hydroxylation sites is 1. The van der Waals surface area contributed by atoms with Crippen molar-refractivity contribution in [2.75, 3.05) is 0 Å². The molecule has 0 unspecified atom stereocenters. The Bertz CT molecular complexity index is 2550. The SMILES string of the molecule is c1ccc(Sc2cnc(-c3ccccc3)nc2-c2cccc3c2oc2ccc(-c4nc(-c5ccccc5)nc(-c5ccccc5)n4)cc23)cc1. The van der Waals surface area contributed by atoms with Gasteiger partial charge in [-0.1, -0.05) is 133 Å². The number of hydrogen-bond donors (Lipinski definition) is 0. The molecule has 0 aliphatic heterocycles. The summed E-state index contributed by atoms with van der Waals surface area (Å²) in [5, 5.41) is 1.95. The summed E-state index contributed by atoms with van der Waals surface area (Å²) in [5.74, 6) is 2.49. The fourth-order valence-electron chi connectivity index (χ4n) is 6.04. The van der Waals surface area contributed by atoms with Crippen LogP contribution in [-0.4, -0.2) is 24.9 Å². The van der Waals surface area contributed by atoms with Crippen molar-refractivity contribution in [3.8, 4) is 56.8 Å². The summed E-state index contributed by atoms with van der Waals surface area (Å²) in [6.45, 7) is 0. The van der Waals surface area contributed by atoms with E-state index in [2.05, 4.69) is 36.4 Å². The Morgan fingerprint density at radius 2 is 1.00 bits per heavy atom. The monoisotopic (exact) mass is 661 g/mol. The molecule has 0 saturated heterocycles. The van der Waals surface area contributed by atoms with Crippen LogP contribution < -0.4 is 0 Å². The number of rotatable bonds is 7. The third kappa shape index (κ3) is 5.70. The van der Waals surface area contributed by atoms with Crippen LogP contribution in [0.1, 0.15) is 0 Å². The van der Waals surface area contributed by atoms with Gasteiger partial charge in [0.2, 0.25) is 0 Å².